The van der Waals surface area contributed by atoms with E-state index >= 15 is 0 Å². The van der Waals surface area contributed by atoms with Crippen LogP contribution in [0, 0.1) is 0 Å². The molecule has 3 heteroatoms. The van der Waals surface area contributed by atoms with E-state index in [1.165, 1.54) is 12.0 Å². The highest BCUT2D eigenvalue weighted by Gasteiger charge is 2.23. The molecule has 18 heavy (non-hydrogen) atoms. The molecule has 0 saturated carbocycles. The third-order valence-corrected chi connectivity index (χ3v) is 2.92. The lowest BCUT2D eigenvalue weighted by Gasteiger charge is -2.13. The number of benzene rings is 1. The van der Waals surface area contributed by atoms with E-state index in [2.05, 4.69) is 19.1 Å². The topological polar surface area (TPSA) is 31.0 Å². The maximum absolute atomic E-state index is 5.69. The van der Waals surface area contributed by atoms with Gasteiger partial charge in [-0.2, -0.15) is 0 Å². The zero-order valence-corrected chi connectivity index (χ0v) is 11.2. The quantitative estimate of drug-likeness (QED) is 0.665. The molecule has 1 aliphatic heterocycles. The molecule has 0 radical (unpaired) electrons. The third-order valence-electron chi connectivity index (χ3n) is 2.92. The van der Waals surface area contributed by atoms with Gasteiger partial charge in [-0.05, 0) is 31.0 Å². The number of ether oxygens (including phenoxy) is 3. The summed E-state index contributed by atoms with van der Waals surface area (Å²) in [6.45, 7) is 6.31. The normalized spacial score (nSPS) is 19.6. The van der Waals surface area contributed by atoms with Gasteiger partial charge in [0, 0.05) is 0 Å². The summed E-state index contributed by atoms with van der Waals surface area (Å²) in [6.07, 6.45) is 2.72. The summed E-state index contributed by atoms with van der Waals surface area (Å²) in [5, 5.41) is 0. The maximum atomic E-state index is 5.69. The Labute approximate surface area is 109 Å². The molecule has 0 aliphatic carbocycles. The average molecular weight is 250 g/mol. The zero-order valence-electron chi connectivity index (χ0n) is 11.2. The van der Waals surface area contributed by atoms with E-state index in [1.807, 2.05) is 19.1 Å². The molecule has 1 heterocycles. The van der Waals surface area contributed by atoms with E-state index in [4.69, 9.17) is 14.2 Å². The molecule has 3 nitrogen and oxygen atoms in total. The largest absolute Gasteiger partial charge is 0.491 e. The molecule has 1 saturated heterocycles. The van der Waals surface area contributed by atoms with E-state index in [0.717, 1.165) is 18.8 Å². The SMILES string of the molecule is CCCc1ccc(OCC(C)OCC2CO2)cc1. The fourth-order valence-corrected chi connectivity index (χ4v) is 1.74. The first-order chi connectivity index (χ1) is 8.78. The minimum atomic E-state index is 0.101. The van der Waals surface area contributed by atoms with Crippen molar-refractivity contribution in [1.82, 2.24) is 0 Å². The van der Waals surface area contributed by atoms with Crippen LogP contribution in [0.5, 0.6) is 5.75 Å². The van der Waals surface area contributed by atoms with Crippen LogP contribution in [-0.4, -0.2) is 32.0 Å². The van der Waals surface area contributed by atoms with Crippen molar-refractivity contribution in [2.24, 2.45) is 0 Å². The summed E-state index contributed by atoms with van der Waals surface area (Å²) in [5.41, 5.74) is 1.36. The second-order valence-electron chi connectivity index (χ2n) is 4.80. The number of hydrogen-bond acceptors (Lipinski definition) is 3. The molecular weight excluding hydrogens is 228 g/mol. The standard InChI is InChI=1S/C15H22O3/c1-3-4-13-5-7-14(8-6-13)17-9-12(2)16-10-15-11-18-15/h5-8,12,15H,3-4,9-11H2,1-2H3. The number of aryl methyl sites for hydroxylation is 1. The molecule has 0 bridgehead atoms. The lowest BCUT2D eigenvalue weighted by atomic mass is 10.1. The van der Waals surface area contributed by atoms with Crippen LogP contribution in [0.4, 0.5) is 0 Å². The van der Waals surface area contributed by atoms with E-state index in [1.54, 1.807) is 0 Å². The molecule has 1 aromatic carbocycles. The number of epoxide rings is 1. The Morgan fingerprint density at radius 3 is 2.67 bits per heavy atom. The summed E-state index contributed by atoms with van der Waals surface area (Å²) in [5.74, 6) is 0.910. The van der Waals surface area contributed by atoms with Crippen molar-refractivity contribution < 1.29 is 14.2 Å². The second-order valence-corrected chi connectivity index (χ2v) is 4.80. The van der Waals surface area contributed by atoms with Gasteiger partial charge < -0.3 is 14.2 Å². The first-order valence-corrected chi connectivity index (χ1v) is 6.73. The summed E-state index contributed by atoms with van der Waals surface area (Å²) in [6, 6.07) is 8.31. The lowest BCUT2D eigenvalue weighted by Crippen LogP contribution is -2.20. The molecule has 1 aromatic rings. The Hall–Kier alpha value is -1.06. The first-order valence-electron chi connectivity index (χ1n) is 6.73. The first kappa shape index (κ1) is 13.4. The minimum Gasteiger partial charge on any atom is -0.491 e. The smallest absolute Gasteiger partial charge is 0.119 e. The van der Waals surface area contributed by atoms with E-state index in [0.29, 0.717) is 19.3 Å². The van der Waals surface area contributed by atoms with Gasteiger partial charge in [-0.1, -0.05) is 25.5 Å². The Balaban J connectivity index is 1.67. The van der Waals surface area contributed by atoms with Gasteiger partial charge in [0.2, 0.25) is 0 Å². The Bertz CT molecular complexity index is 343. The molecule has 2 atom stereocenters. The summed E-state index contributed by atoms with van der Waals surface area (Å²) in [7, 11) is 0. The van der Waals surface area contributed by atoms with Crippen molar-refractivity contribution in [2.75, 3.05) is 19.8 Å². The Morgan fingerprint density at radius 2 is 2.06 bits per heavy atom. The van der Waals surface area contributed by atoms with Crippen LogP contribution in [0.15, 0.2) is 24.3 Å². The van der Waals surface area contributed by atoms with E-state index in [-0.39, 0.29) is 6.10 Å². The molecular formula is C15H22O3. The second kappa shape index (κ2) is 6.76. The average Bonchev–Trinajstić information content (AvgIpc) is 3.20. The van der Waals surface area contributed by atoms with Crippen LogP contribution >= 0.6 is 0 Å². The highest BCUT2D eigenvalue weighted by atomic mass is 16.6. The molecule has 2 unspecified atom stereocenters. The highest BCUT2D eigenvalue weighted by molar-refractivity contribution is 5.27. The van der Waals surface area contributed by atoms with E-state index < -0.39 is 0 Å². The van der Waals surface area contributed by atoms with Crippen molar-refractivity contribution >= 4 is 0 Å². The number of hydrogen-bond donors (Lipinski definition) is 0. The molecule has 2 rings (SSSR count). The molecule has 100 valence electrons. The Morgan fingerprint density at radius 1 is 1.33 bits per heavy atom. The van der Waals surface area contributed by atoms with Crippen LogP contribution in [0.1, 0.15) is 25.8 Å². The van der Waals surface area contributed by atoms with Gasteiger partial charge in [0.05, 0.1) is 19.3 Å². The van der Waals surface area contributed by atoms with Crippen LogP contribution in [0.25, 0.3) is 0 Å². The zero-order chi connectivity index (χ0) is 12.8. The van der Waals surface area contributed by atoms with Gasteiger partial charge in [-0.25, -0.2) is 0 Å². The van der Waals surface area contributed by atoms with Gasteiger partial charge in [-0.3, -0.25) is 0 Å². The summed E-state index contributed by atoms with van der Waals surface area (Å²) >= 11 is 0. The van der Waals surface area contributed by atoms with E-state index in [9.17, 15) is 0 Å². The molecule has 0 spiro atoms. The third kappa shape index (κ3) is 4.67. The van der Waals surface area contributed by atoms with Crippen LogP contribution < -0.4 is 4.74 Å². The maximum Gasteiger partial charge on any atom is 0.119 e. The molecule has 1 fully saturated rings. The molecule has 1 aliphatic rings. The monoisotopic (exact) mass is 250 g/mol. The van der Waals surface area contributed by atoms with Crippen LogP contribution in [0.3, 0.4) is 0 Å². The predicted molar refractivity (Wildman–Crippen MR) is 71.1 cm³/mol. The van der Waals surface area contributed by atoms with Gasteiger partial charge >= 0.3 is 0 Å². The predicted octanol–water partition coefficient (Wildman–Crippen LogP) is 2.82. The minimum absolute atomic E-state index is 0.101. The molecule has 0 aromatic heterocycles. The van der Waals surface area contributed by atoms with Crippen LogP contribution in [0.2, 0.25) is 0 Å². The van der Waals surface area contributed by atoms with Crippen molar-refractivity contribution in [3.8, 4) is 5.75 Å². The van der Waals surface area contributed by atoms with Crippen LogP contribution in [-0.2, 0) is 15.9 Å². The van der Waals surface area contributed by atoms with Crippen molar-refractivity contribution in [1.29, 1.82) is 0 Å². The fraction of sp³-hybridized carbons (Fsp3) is 0.600. The van der Waals surface area contributed by atoms with Crippen molar-refractivity contribution in [3.63, 3.8) is 0 Å². The Kier molecular flexibility index (Phi) is 5.02. The number of rotatable bonds is 8. The fourth-order valence-electron chi connectivity index (χ4n) is 1.74. The molecule has 0 amide bonds. The molecule has 0 N–H and O–H groups in total. The van der Waals surface area contributed by atoms with Gasteiger partial charge in [0.1, 0.15) is 18.5 Å². The van der Waals surface area contributed by atoms with Gasteiger partial charge in [0.25, 0.3) is 0 Å². The summed E-state index contributed by atoms with van der Waals surface area (Å²) < 4.78 is 16.4. The summed E-state index contributed by atoms with van der Waals surface area (Å²) in [4.78, 5) is 0. The van der Waals surface area contributed by atoms with Gasteiger partial charge in [0.15, 0.2) is 0 Å². The van der Waals surface area contributed by atoms with Crippen molar-refractivity contribution in [2.45, 2.75) is 38.9 Å². The lowest BCUT2D eigenvalue weighted by molar-refractivity contribution is 0.0241. The van der Waals surface area contributed by atoms with Gasteiger partial charge in [-0.15, -0.1) is 0 Å². The van der Waals surface area contributed by atoms with Crippen molar-refractivity contribution in [3.05, 3.63) is 29.8 Å². The highest BCUT2D eigenvalue weighted by Crippen LogP contribution is 2.14.